The first-order chi connectivity index (χ1) is 8.15. The van der Waals surface area contributed by atoms with Crippen LogP contribution in [-0.4, -0.2) is 46.4 Å². The molecule has 17 heavy (non-hydrogen) atoms. The molecule has 1 aliphatic heterocycles. The van der Waals surface area contributed by atoms with E-state index in [4.69, 9.17) is 4.52 Å². The summed E-state index contributed by atoms with van der Waals surface area (Å²) in [4.78, 5) is 15.7. The highest BCUT2D eigenvalue weighted by atomic mass is 16.5. The first-order valence-electron chi connectivity index (χ1n) is 5.63. The first kappa shape index (κ1) is 12.0. The van der Waals surface area contributed by atoms with Gasteiger partial charge in [0.15, 0.2) is 5.82 Å². The highest BCUT2D eigenvalue weighted by molar-refractivity contribution is 5.82. The van der Waals surface area contributed by atoms with Gasteiger partial charge in [-0.25, -0.2) is 0 Å². The van der Waals surface area contributed by atoms with Crippen molar-refractivity contribution in [3.63, 3.8) is 0 Å². The van der Waals surface area contributed by atoms with Gasteiger partial charge in [-0.2, -0.15) is 4.98 Å². The molecule has 1 saturated heterocycles. The van der Waals surface area contributed by atoms with Crippen LogP contribution in [0.15, 0.2) is 4.52 Å². The van der Waals surface area contributed by atoms with E-state index in [0.29, 0.717) is 37.6 Å². The number of nitrogens with one attached hydrogen (secondary N) is 2. The third-order valence-corrected chi connectivity index (χ3v) is 2.64. The van der Waals surface area contributed by atoms with Crippen LogP contribution in [0.5, 0.6) is 0 Å². The molecular formula is C10H16N4O3. The molecule has 2 unspecified atom stereocenters. The molecule has 3 N–H and O–H groups in total. The van der Waals surface area contributed by atoms with Crippen molar-refractivity contribution in [3.05, 3.63) is 11.7 Å². The molecule has 7 nitrogen and oxygen atoms in total. The number of aryl methyl sites for hydroxylation is 1. The molecule has 0 bridgehead atoms. The zero-order valence-corrected chi connectivity index (χ0v) is 9.64. The summed E-state index contributed by atoms with van der Waals surface area (Å²) in [7, 11) is 0. The number of aromatic nitrogens is 2. The largest absolute Gasteiger partial charge is 0.392 e. The molecule has 1 aromatic heterocycles. The first-order valence-corrected chi connectivity index (χ1v) is 5.63. The van der Waals surface area contributed by atoms with Gasteiger partial charge in [-0.3, -0.25) is 4.79 Å². The topological polar surface area (TPSA) is 100 Å². The summed E-state index contributed by atoms with van der Waals surface area (Å²) in [6, 6.07) is -0.294. The van der Waals surface area contributed by atoms with Crippen LogP contribution in [0.1, 0.15) is 18.1 Å². The van der Waals surface area contributed by atoms with E-state index < -0.39 is 6.10 Å². The van der Waals surface area contributed by atoms with E-state index in [-0.39, 0.29) is 11.9 Å². The van der Waals surface area contributed by atoms with E-state index >= 15 is 0 Å². The maximum atomic E-state index is 11.6. The van der Waals surface area contributed by atoms with Gasteiger partial charge in [0, 0.05) is 26.4 Å². The molecule has 0 aliphatic carbocycles. The second-order valence-corrected chi connectivity index (χ2v) is 4.12. The van der Waals surface area contributed by atoms with Gasteiger partial charge in [0.1, 0.15) is 0 Å². The Bertz CT molecular complexity index is 393. The zero-order valence-electron chi connectivity index (χ0n) is 9.64. The lowest BCUT2D eigenvalue weighted by molar-refractivity contribution is -0.122. The predicted octanol–water partition coefficient (Wildman–Crippen LogP) is -1.24. The molecule has 0 saturated carbocycles. The lowest BCUT2D eigenvalue weighted by atomic mass is 10.2. The fourth-order valence-electron chi connectivity index (χ4n) is 1.78. The Kier molecular flexibility index (Phi) is 3.70. The Labute approximate surface area is 98.6 Å². The SMILES string of the molecule is Cc1nc(CCNC(=O)C2CC(O)CN2)no1. The second kappa shape index (κ2) is 5.24. The Morgan fingerprint density at radius 2 is 2.53 bits per heavy atom. The minimum absolute atomic E-state index is 0.0956. The molecule has 2 rings (SSSR count). The summed E-state index contributed by atoms with van der Waals surface area (Å²) in [6.07, 6.45) is 0.580. The van der Waals surface area contributed by atoms with Gasteiger partial charge in [-0.1, -0.05) is 5.16 Å². The number of amides is 1. The number of aliphatic hydroxyl groups excluding tert-OH is 1. The van der Waals surface area contributed by atoms with E-state index in [9.17, 15) is 9.90 Å². The van der Waals surface area contributed by atoms with Crippen molar-refractivity contribution in [3.8, 4) is 0 Å². The number of hydrogen-bond acceptors (Lipinski definition) is 6. The third kappa shape index (κ3) is 3.24. The molecule has 1 aliphatic rings. The van der Waals surface area contributed by atoms with Crippen molar-refractivity contribution in [2.24, 2.45) is 0 Å². The fraction of sp³-hybridized carbons (Fsp3) is 0.700. The fourth-order valence-corrected chi connectivity index (χ4v) is 1.78. The summed E-state index contributed by atoms with van der Waals surface area (Å²) in [5, 5.41) is 18.7. The average Bonchev–Trinajstić information content (AvgIpc) is 2.88. The average molecular weight is 240 g/mol. The third-order valence-electron chi connectivity index (χ3n) is 2.64. The van der Waals surface area contributed by atoms with Crippen LogP contribution in [0.2, 0.25) is 0 Å². The molecule has 2 atom stereocenters. The molecule has 0 radical (unpaired) electrons. The Hall–Kier alpha value is -1.47. The van der Waals surface area contributed by atoms with Gasteiger partial charge < -0.3 is 20.3 Å². The molecule has 0 aromatic carbocycles. The molecular weight excluding hydrogens is 224 g/mol. The van der Waals surface area contributed by atoms with Crippen LogP contribution >= 0.6 is 0 Å². The highest BCUT2D eigenvalue weighted by Crippen LogP contribution is 2.05. The van der Waals surface area contributed by atoms with E-state index in [1.165, 1.54) is 0 Å². The number of carbonyl (C=O) groups excluding carboxylic acids is 1. The molecule has 1 amide bonds. The van der Waals surface area contributed by atoms with Gasteiger partial charge in [0.2, 0.25) is 11.8 Å². The van der Waals surface area contributed by atoms with E-state index in [1.807, 2.05) is 0 Å². The molecule has 94 valence electrons. The smallest absolute Gasteiger partial charge is 0.237 e. The van der Waals surface area contributed by atoms with Crippen molar-refractivity contribution in [1.29, 1.82) is 0 Å². The van der Waals surface area contributed by atoms with Crippen LogP contribution in [-0.2, 0) is 11.2 Å². The quantitative estimate of drug-likeness (QED) is 0.608. The summed E-state index contributed by atoms with van der Waals surface area (Å²) < 4.78 is 4.82. The maximum absolute atomic E-state index is 11.6. The molecule has 0 spiro atoms. The predicted molar refractivity (Wildman–Crippen MR) is 58.2 cm³/mol. The molecule has 1 aromatic rings. The minimum Gasteiger partial charge on any atom is -0.392 e. The summed E-state index contributed by atoms with van der Waals surface area (Å²) >= 11 is 0. The van der Waals surface area contributed by atoms with E-state index in [2.05, 4.69) is 20.8 Å². The standard InChI is InChI=1S/C10H16N4O3/c1-6-13-9(14-17-6)2-3-11-10(16)8-4-7(15)5-12-8/h7-8,12,15H,2-5H2,1H3,(H,11,16). The number of β-amino-alcohol motifs (C(OH)–C–C–N with tert-alkyl or cyclic N) is 1. The second-order valence-electron chi connectivity index (χ2n) is 4.12. The van der Waals surface area contributed by atoms with Crippen molar-refractivity contribution in [2.45, 2.75) is 31.9 Å². The number of carbonyl (C=O) groups is 1. The number of nitrogens with zero attached hydrogens (tertiary/aromatic N) is 2. The van der Waals surface area contributed by atoms with Crippen molar-refractivity contribution in [1.82, 2.24) is 20.8 Å². The highest BCUT2D eigenvalue weighted by Gasteiger charge is 2.27. The normalized spacial score (nSPS) is 23.9. The Morgan fingerprint density at radius 3 is 3.12 bits per heavy atom. The number of hydrogen-bond donors (Lipinski definition) is 3. The maximum Gasteiger partial charge on any atom is 0.237 e. The van der Waals surface area contributed by atoms with E-state index in [1.54, 1.807) is 6.92 Å². The number of aliphatic hydroxyl groups is 1. The van der Waals surface area contributed by atoms with Crippen molar-refractivity contribution in [2.75, 3.05) is 13.1 Å². The van der Waals surface area contributed by atoms with Gasteiger partial charge in [-0.15, -0.1) is 0 Å². The lowest BCUT2D eigenvalue weighted by Crippen LogP contribution is -2.41. The Balaban J connectivity index is 1.70. The van der Waals surface area contributed by atoms with Gasteiger partial charge in [0.05, 0.1) is 12.1 Å². The molecule has 1 fully saturated rings. The van der Waals surface area contributed by atoms with Crippen LogP contribution in [0.4, 0.5) is 0 Å². The lowest BCUT2D eigenvalue weighted by Gasteiger charge is -2.09. The van der Waals surface area contributed by atoms with Crippen LogP contribution < -0.4 is 10.6 Å². The molecule has 7 heteroatoms. The van der Waals surface area contributed by atoms with Crippen LogP contribution in [0.25, 0.3) is 0 Å². The summed E-state index contributed by atoms with van der Waals surface area (Å²) in [5.74, 6) is 1.01. The van der Waals surface area contributed by atoms with Crippen LogP contribution in [0.3, 0.4) is 0 Å². The summed E-state index contributed by atoms with van der Waals surface area (Å²) in [5.41, 5.74) is 0. The van der Waals surface area contributed by atoms with Gasteiger partial charge in [-0.05, 0) is 6.42 Å². The Morgan fingerprint density at radius 1 is 1.71 bits per heavy atom. The van der Waals surface area contributed by atoms with Crippen molar-refractivity contribution >= 4 is 5.91 Å². The van der Waals surface area contributed by atoms with Gasteiger partial charge in [0.25, 0.3) is 0 Å². The van der Waals surface area contributed by atoms with Gasteiger partial charge >= 0.3 is 0 Å². The van der Waals surface area contributed by atoms with E-state index in [0.717, 1.165) is 0 Å². The van der Waals surface area contributed by atoms with Crippen molar-refractivity contribution < 1.29 is 14.4 Å². The number of rotatable bonds is 4. The minimum atomic E-state index is -0.425. The molecule has 2 heterocycles. The monoisotopic (exact) mass is 240 g/mol. The van der Waals surface area contributed by atoms with Crippen LogP contribution in [0, 0.1) is 6.92 Å². The zero-order chi connectivity index (χ0) is 12.3. The summed E-state index contributed by atoms with van der Waals surface area (Å²) in [6.45, 7) is 2.66.